The molecule has 1 aliphatic heterocycles. The highest BCUT2D eigenvalue weighted by Gasteiger charge is 2.27. The maximum Gasteiger partial charge on any atom is 0.246 e. The van der Waals surface area contributed by atoms with E-state index in [4.69, 9.17) is 21.4 Å². The van der Waals surface area contributed by atoms with Gasteiger partial charge in [-0.2, -0.15) is 5.10 Å². The van der Waals surface area contributed by atoms with E-state index >= 15 is 0 Å². The minimum absolute atomic E-state index is 0.0131. The van der Waals surface area contributed by atoms with E-state index in [2.05, 4.69) is 16.5 Å². The number of carbonyl (C=O) groups is 1. The molecule has 8 heteroatoms. The Hall–Kier alpha value is -3.71. The van der Waals surface area contributed by atoms with Gasteiger partial charge < -0.3 is 9.64 Å². The number of rotatable bonds is 5. The Bertz CT molecular complexity index is 1300. The van der Waals surface area contributed by atoms with E-state index in [0.717, 1.165) is 41.8 Å². The second-order valence-electron chi connectivity index (χ2n) is 7.88. The maximum atomic E-state index is 12.2. The maximum absolute atomic E-state index is 12.2. The summed E-state index contributed by atoms with van der Waals surface area (Å²) in [6.07, 6.45) is 8.22. The van der Waals surface area contributed by atoms with Gasteiger partial charge in [-0.1, -0.05) is 18.2 Å². The van der Waals surface area contributed by atoms with Crippen molar-refractivity contribution in [3.63, 3.8) is 0 Å². The first-order valence-electron chi connectivity index (χ1n) is 10.8. The Morgan fingerprint density at radius 3 is 2.61 bits per heavy atom. The van der Waals surface area contributed by atoms with E-state index in [9.17, 15) is 4.79 Å². The van der Waals surface area contributed by atoms with Crippen LogP contribution >= 0.6 is 11.6 Å². The van der Waals surface area contributed by atoms with Crippen LogP contribution in [0.2, 0.25) is 5.02 Å². The molecule has 1 saturated heterocycles. The van der Waals surface area contributed by atoms with Crippen LogP contribution in [0.5, 0.6) is 11.5 Å². The molecule has 5 rings (SSSR count). The van der Waals surface area contributed by atoms with Crippen molar-refractivity contribution in [3.05, 3.63) is 78.7 Å². The van der Waals surface area contributed by atoms with E-state index in [1.165, 1.54) is 6.08 Å². The molecule has 4 aromatic rings. The van der Waals surface area contributed by atoms with Gasteiger partial charge >= 0.3 is 0 Å². The van der Waals surface area contributed by atoms with Gasteiger partial charge in [-0.05, 0) is 61.4 Å². The van der Waals surface area contributed by atoms with Crippen molar-refractivity contribution in [1.82, 2.24) is 24.6 Å². The molecule has 1 aliphatic rings. The van der Waals surface area contributed by atoms with Crippen molar-refractivity contribution in [1.29, 1.82) is 0 Å². The van der Waals surface area contributed by atoms with Gasteiger partial charge in [-0.3, -0.25) is 9.78 Å². The Labute approximate surface area is 196 Å². The highest BCUT2D eigenvalue weighted by molar-refractivity contribution is 6.36. The number of amides is 1. The molecule has 0 aliphatic carbocycles. The van der Waals surface area contributed by atoms with Gasteiger partial charge in [-0.15, -0.1) is 0 Å². The number of ether oxygens (including phenoxy) is 1. The third-order valence-electron chi connectivity index (χ3n) is 5.78. The molecule has 1 aromatic carbocycles. The highest BCUT2D eigenvalue weighted by atomic mass is 35.5. The van der Waals surface area contributed by atoms with E-state index in [1.54, 1.807) is 36.8 Å². The minimum atomic E-state index is -0.0628. The third-order valence-corrected chi connectivity index (χ3v) is 6.10. The Kier molecular flexibility index (Phi) is 5.79. The molecule has 1 fully saturated rings. The third kappa shape index (κ3) is 4.19. The predicted molar refractivity (Wildman–Crippen MR) is 127 cm³/mol. The smallest absolute Gasteiger partial charge is 0.246 e. The summed E-state index contributed by atoms with van der Waals surface area (Å²) in [6.45, 7) is 4.90. The first-order valence-corrected chi connectivity index (χ1v) is 11.1. The molecule has 4 heterocycles. The molecule has 0 radical (unpaired) electrons. The van der Waals surface area contributed by atoms with Crippen molar-refractivity contribution in [2.75, 3.05) is 13.1 Å². The fourth-order valence-electron chi connectivity index (χ4n) is 4.19. The zero-order valence-corrected chi connectivity index (χ0v) is 18.7. The van der Waals surface area contributed by atoms with Crippen LogP contribution in [-0.4, -0.2) is 43.6 Å². The topological polar surface area (TPSA) is 73.1 Å². The number of pyridine rings is 2. The van der Waals surface area contributed by atoms with Crippen molar-refractivity contribution in [2.24, 2.45) is 0 Å². The number of likely N-dealkylation sites (tertiary alicyclic amines) is 1. The summed E-state index contributed by atoms with van der Waals surface area (Å²) < 4.78 is 7.79. The average molecular weight is 460 g/mol. The molecule has 7 nitrogen and oxygen atoms in total. The van der Waals surface area contributed by atoms with Gasteiger partial charge in [0.2, 0.25) is 5.91 Å². The molecule has 1 atom stereocenters. The molecule has 0 saturated carbocycles. The molecule has 0 unspecified atom stereocenters. The number of carbonyl (C=O) groups excluding carboxylic acids is 1. The quantitative estimate of drug-likeness (QED) is 0.379. The summed E-state index contributed by atoms with van der Waals surface area (Å²) in [6, 6.07) is 13.1. The molecule has 0 spiro atoms. The van der Waals surface area contributed by atoms with Crippen LogP contribution in [0, 0.1) is 0 Å². The van der Waals surface area contributed by atoms with Crippen LogP contribution in [0.3, 0.4) is 0 Å². The van der Waals surface area contributed by atoms with E-state index in [-0.39, 0.29) is 11.9 Å². The lowest BCUT2D eigenvalue weighted by Gasteiger charge is -2.32. The summed E-state index contributed by atoms with van der Waals surface area (Å²) >= 11 is 6.60. The summed E-state index contributed by atoms with van der Waals surface area (Å²) in [5.74, 6) is 1.37. The fourth-order valence-corrected chi connectivity index (χ4v) is 4.42. The van der Waals surface area contributed by atoms with Gasteiger partial charge in [0, 0.05) is 37.2 Å². The lowest BCUT2D eigenvalue weighted by atomic mass is 10.1. The molecule has 166 valence electrons. The van der Waals surface area contributed by atoms with Crippen LogP contribution in [0.4, 0.5) is 0 Å². The highest BCUT2D eigenvalue weighted by Crippen LogP contribution is 2.36. The standard InChI is InChI=1S/C25H22ClN5O2/c1-2-22(32)30-15-3-4-18(16-30)31-25-23(21(26)11-14-28-25)24(29-31)17-5-7-19(8-6-17)33-20-9-12-27-13-10-20/h2,5-14,18H,1,3-4,15-16H2/t18-/m1/s1. The second kappa shape index (κ2) is 9.03. The summed E-state index contributed by atoms with van der Waals surface area (Å²) in [5, 5.41) is 6.33. The molecule has 33 heavy (non-hydrogen) atoms. The fraction of sp³-hybridized carbons (Fsp3) is 0.200. The summed E-state index contributed by atoms with van der Waals surface area (Å²) in [7, 11) is 0. The van der Waals surface area contributed by atoms with E-state index in [0.29, 0.717) is 23.0 Å². The number of piperidine rings is 1. The first kappa shape index (κ1) is 21.2. The van der Waals surface area contributed by atoms with Gasteiger partial charge in [0.15, 0.2) is 5.65 Å². The number of fused-ring (bicyclic) bond motifs is 1. The Morgan fingerprint density at radius 2 is 1.85 bits per heavy atom. The van der Waals surface area contributed by atoms with Crippen molar-refractivity contribution in [2.45, 2.75) is 18.9 Å². The number of benzene rings is 1. The largest absolute Gasteiger partial charge is 0.457 e. The number of nitrogens with zero attached hydrogens (tertiary/aromatic N) is 5. The Balaban J connectivity index is 1.50. The number of halogens is 1. The average Bonchev–Trinajstić information content (AvgIpc) is 3.26. The lowest BCUT2D eigenvalue weighted by molar-refractivity contribution is -0.127. The van der Waals surface area contributed by atoms with Gasteiger partial charge in [0.25, 0.3) is 0 Å². The van der Waals surface area contributed by atoms with Crippen LogP contribution in [0.25, 0.3) is 22.3 Å². The van der Waals surface area contributed by atoms with Crippen molar-refractivity contribution >= 4 is 28.5 Å². The molecular weight excluding hydrogens is 438 g/mol. The summed E-state index contributed by atoms with van der Waals surface area (Å²) in [4.78, 5) is 22.6. The van der Waals surface area contributed by atoms with Gasteiger partial charge in [0.05, 0.1) is 16.5 Å². The molecule has 1 amide bonds. The van der Waals surface area contributed by atoms with Crippen LogP contribution in [0.1, 0.15) is 18.9 Å². The molecule has 0 N–H and O–H groups in total. The first-order chi connectivity index (χ1) is 16.1. The predicted octanol–water partition coefficient (Wildman–Crippen LogP) is 5.29. The number of hydrogen-bond donors (Lipinski definition) is 0. The number of aromatic nitrogens is 4. The molecular formula is C25H22ClN5O2. The number of hydrogen-bond acceptors (Lipinski definition) is 5. The van der Waals surface area contributed by atoms with E-state index < -0.39 is 0 Å². The van der Waals surface area contributed by atoms with Crippen molar-refractivity contribution in [3.8, 4) is 22.8 Å². The minimum Gasteiger partial charge on any atom is -0.457 e. The molecule has 0 bridgehead atoms. The summed E-state index contributed by atoms with van der Waals surface area (Å²) in [5.41, 5.74) is 2.38. The van der Waals surface area contributed by atoms with Crippen LogP contribution in [0.15, 0.2) is 73.7 Å². The lowest BCUT2D eigenvalue weighted by Crippen LogP contribution is -2.40. The van der Waals surface area contributed by atoms with Crippen LogP contribution in [-0.2, 0) is 4.79 Å². The normalized spacial score (nSPS) is 16.0. The Morgan fingerprint density at radius 1 is 1.09 bits per heavy atom. The van der Waals surface area contributed by atoms with Gasteiger partial charge in [0.1, 0.15) is 17.2 Å². The van der Waals surface area contributed by atoms with Gasteiger partial charge in [-0.25, -0.2) is 9.67 Å². The SMILES string of the molecule is C=CC(=O)N1CCC[C@@H](n2nc(-c3ccc(Oc4ccncc4)cc3)c3c(Cl)ccnc32)C1. The van der Waals surface area contributed by atoms with Crippen molar-refractivity contribution < 1.29 is 9.53 Å². The van der Waals surface area contributed by atoms with Crippen LogP contribution < -0.4 is 4.74 Å². The zero-order chi connectivity index (χ0) is 22.8. The van der Waals surface area contributed by atoms with E-state index in [1.807, 2.05) is 33.8 Å². The second-order valence-corrected chi connectivity index (χ2v) is 8.29. The molecule has 3 aromatic heterocycles. The monoisotopic (exact) mass is 459 g/mol. The zero-order valence-electron chi connectivity index (χ0n) is 17.9.